The van der Waals surface area contributed by atoms with Crippen molar-refractivity contribution < 1.29 is 4.84 Å². The van der Waals surface area contributed by atoms with E-state index >= 15 is 0 Å². The minimum Gasteiger partial charge on any atom is -0.303 e. The SMILES string of the molecule is O=NOc1ccccn1. The standard InChI is InChI=1S/C5H4N2O2/c8-7-9-5-3-1-2-4-6-5/h1-4H. The Hall–Kier alpha value is -1.45. The maximum Gasteiger partial charge on any atom is 0.252 e. The third-order valence-electron chi connectivity index (χ3n) is 0.769. The van der Waals surface area contributed by atoms with E-state index in [1.807, 2.05) is 0 Å². The maximum atomic E-state index is 9.46. The van der Waals surface area contributed by atoms with Crippen LogP contribution in [0.2, 0.25) is 0 Å². The molecule has 1 aromatic heterocycles. The van der Waals surface area contributed by atoms with Crippen molar-refractivity contribution in [1.29, 1.82) is 0 Å². The summed E-state index contributed by atoms with van der Waals surface area (Å²) in [6, 6.07) is 4.96. The van der Waals surface area contributed by atoms with Gasteiger partial charge in [-0.25, -0.2) is 4.98 Å². The molecule has 0 spiro atoms. The van der Waals surface area contributed by atoms with Crippen LogP contribution in [-0.4, -0.2) is 4.98 Å². The number of aromatic nitrogens is 1. The van der Waals surface area contributed by atoms with Gasteiger partial charge in [-0.2, -0.15) is 0 Å². The first kappa shape index (κ1) is 5.68. The van der Waals surface area contributed by atoms with Crippen LogP contribution in [0.3, 0.4) is 0 Å². The molecule has 46 valence electrons. The van der Waals surface area contributed by atoms with Gasteiger partial charge in [0.15, 0.2) is 5.34 Å². The summed E-state index contributed by atoms with van der Waals surface area (Å²) in [5, 5.41) is 2.19. The largest absolute Gasteiger partial charge is 0.303 e. The molecule has 0 radical (unpaired) electrons. The summed E-state index contributed by atoms with van der Waals surface area (Å²) in [4.78, 5) is 17.3. The van der Waals surface area contributed by atoms with Crippen LogP contribution in [0.5, 0.6) is 5.88 Å². The Kier molecular flexibility index (Phi) is 1.74. The van der Waals surface area contributed by atoms with Gasteiger partial charge in [0.1, 0.15) is 0 Å². The van der Waals surface area contributed by atoms with Crippen molar-refractivity contribution in [2.45, 2.75) is 0 Å². The monoisotopic (exact) mass is 124 g/mol. The van der Waals surface area contributed by atoms with E-state index in [1.165, 1.54) is 6.20 Å². The molecule has 0 amide bonds. The second-order valence-corrected chi connectivity index (χ2v) is 1.33. The predicted molar refractivity (Wildman–Crippen MR) is 30.7 cm³/mol. The molecular formula is C5H4N2O2. The molecule has 0 fully saturated rings. The normalized spacial score (nSPS) is 8.44. The fourth-order valence-corrected chi connectivity index (χ4v) is 0.439. The van der Waals surface area contributed by atoms with E-state index in [0.29, 0.717) is 0 Å². The Labute approximate surface area is 51.4 Å². The van der Waals surface area contributed by atoms with Crippen LogP contribution in [0.4, 0.5) is 0 Å². The zero-order chi connectivity index (χ0) is 6.53. The van der Waals surface area contributed by atoms with Gasteiger partial charge in [-0.1, -0.05) is 6.07 Å². The van der Waals surface area contributed by atoms with Crippen molar-refractivity contribution in [2.24, 2.45) is 5.34 Å². The van der Waals surface area contributed by atoms with E-state index in [0.717, 1.165) is 0 Å². The fraction of sp³-hybridized carbons (Fsp3) is 0. The van der Waals surface area contributed by atoms with Crippen molar-refractivity contribution in [1.82, 2.24) is 4.98 Å². The van der Waals surface area contributed by atoms with Crippen molar-refractivity contribution in [3.63, 3.8) is 0 Å². The predicted octanol–water partition coefficient (Wildman–Crippen LogP) is 1.14. The molecule has 0 saturated heterocycles. The van der Waals surface area contributed by atoms with Gasteiger partial charge in [-0.05, 0) is 6.07 Å². The van der Waals surface area contributed by atoms with Crippen LogP contribution in [0, 0.1) is 4.91 Å². The Bertz CT molecular complexity index is 187. The van der Waals surface area contributed by atoms with Crippen LogP contribution in [0.1, 0.15) is 0 Å². The number of rotatable bonds is 2. The van der Waals surface area contributed by atoms with Crippen molar-refractivity contribution >= 4 is 0 Å². The van der Waals surface area contributed by atoms with E-state index in [-0.39, 0.29) is 5.88 Å². The van der Waals surface area contributed by atoms with E-state index in [9.17, 15) is 4.91 Å². The minimum atomic E-state index is 0.215. The molecule has 0 N–H and O–H groups in total. The van der Waals surface area contributed by atoms with Gasteiger partial charge in [-0.3, -0.25) is 0 Å². The Balaban J connectivity index is 2.72. The van der Waals surface area contributed by atoms with Crippen molar-refractivity contribution in [3.8, 4) is 5.88 Å². The van der Waals surface area contributed by atoms with E-state index in [4.69, 9.17) is 0 Å². The first-order valence-corrected chi connectivity index (χ1v) is 2.34. The molecule has 4 heteroatoms. The molecule has 0 unspecified atom stereocenters. The Morgan fingerprint density at radius 3 is 3.00 bits per heavy atom. The second kappa shape index (κ2) is 2.76. The molecule has 1 aromatic rings. The van der Waals surface area contributed by atoms with E-state index in [1.54, 1.807) is 18.2 Å². The molecule has 1 rings (SSSR count). The lowest BCUT2D eigenvalue weighted by molar-refractivity contribution is 0.321. The van der Waals surface area contributed by atoms with Gasteiger partial charge in [0.2, 0.25) is 0 Å². The minimum absolute atomic E-state index is 0.215. The highest BCUT2D eigenvalue weighted by Gasteiger charge is 1.87. The summed E-state index contributed by atoms with van der Waals surface area (Å²) in [5.74, 6) is 0.215. The third-order valence-corrected chi connectivity index (χ3v) is 0.769. The molecule has 4 nitrogen and oxygen atoms in total. The first-order valence-electron chi connectivity index (χ1n) is 2.34. The van der Waals surface area contributed by atoms with Crippen LogP contribution < -0.4 is 4.84 Å². The molecule has 9 heavy (non-hydrogen) atoms. The Morgan fingerprint density at radius 2 is 2.44 bits per heavy atom. The molecule has 0 bridgehead atoms. The van der Waals surface area contributed by atoms with E-state index in [2.05, 4.69) is 15.2 Å². The lowest BCUT2D eigenvalue weighted by Crippen LogP contribution is -1.81. The van der Waals surface area contributed by atoms with Gasteiger partial charge in [-0.15, -0.1) is 4.91 Å². The molecule has 0 aromatic carbocycles. The van der Waals surface area contributed by atoms with Gasteiger partial charge in [0, 0.05) is 12.3 Å². The smallest absolute Gasteiger partial charge is 0.252 e. The number of pyridine rings is 1. The van der Waals surface area contributed by atoms with E-state index < -0.39 is 0 Å². The third kappa shape index (κ3) is 1.49. The average Bonchev–Trinajstić information content (AvgIpc) is 1.91. The van der Waals surface area contributed by atoms with Crippen molar-refractivity contribution in [2.75, 3.05) is 0 Å². The summed E-state index contributed by atoms with van der Waals surface area (Å²) in [5.41, 5.74) is 0. The van der Waals surface area contributed by atoms with Crippen LogP contribution in [-0.2, 0) is 0 Å². The summed E-state index contributed by atoms with van der Waals surface area (Å²) < 4.78 is 0. The van der Waals surface area contributed by atoms with Crippen LogP contribution in [0.15, 0.2) is 29.7 Å². The molecule has 0 atom stereocenters. The topological polar surface area (TPSA) is 51.5 Å². The number of hydrogen-bond donors (Lipinski definition) is 0. The molecule has 1 heterocycles. The number of hydrogen-bond acceptors (Lipinski definition) is 4. The van der Waals surface area contributed by atoms with Gasteiger partial charge in [0.05, 0.1) is 0 Å². The van der Waals surface area contributed by atoms with Crippen molar-refractivity contribution in [3.05, 3.63) is 29.3 Å². The molecule has 0 aliphatic carbocycles. The summed E-state index contributed by atoms with van der Waals surface area (Å²) in [6.07, 6.45) is 1.51. The highest BCUT2D eigenvalue weighted by Crippen LogP contribution is 2.01. The van der Waals surface area contributed by atoms with Crippen LogP contribution in [0.25, 0.3) is 0 Å². The van der Waals surface area contributed by atoms with Gasteiger partial charge in [0.25, 0.3) is 5.88 Å². The second-order valence-electron chi connectivity index (χ2n) is 1.33. The van der Waals surface area contributed by atoms with Gasteiger partial charge < -0.3 is 4.84 Å². The summed E-state index contributed by atoms with van der Waals surface area (Å²) >= 11 is 0. The quantitative estimate of drug-likeness (QED) is 0.438. The zero-order valence-corrected chi connectivity index (χ0v) is 4.52. The lowest BCUT2D eigenvalue weighted by Gasteiger charge is -1.88. The summed E-state index contributed by atoms with van der Waals surface area (Å²) in [6.45, 7) is 0. The first-order chi connectivity index (χ1) is 4.43. The maximum absolute atomic E-state index is 9.46. The summed E-state index contributed by atoms with van der Waals surface area (Å²) in [7, 11) is 0. The molecule has 0 saturated carbocycles. The molecular weight excluding hydrogens is 120 g/mol. The van der Waals surface area contributed by atoms with Gasteiger partial charge >= 0.3 is 0 Å². The molecule has 0 aliphatic heterocycles. The number of nitrogens with zero attached hydrogens (tertiary/aromatic N) is 2. The fourth-order valence-electron chi connectivity index (χ4n) is 0.439. The molecule has 0 aliphatic rings. The highest BCUT2D eigenvalue weighted by molar-refractivity contribution is 5.08. The van der Waals surface area contributed by atoms with Crippen LogP contribution >= 0.6 is 0 Å². The Morgan fingerprint density at radius 1 is 1.56 bits per heavy atom. The average molecular weight is 124 g/mol. The zero-order valence-electron chi connectivity index (χ0n) is 4.52. The highest BCUT2D eigenvalue weighted by atomic mass is 16.7. The lowest BCUT2D eigenvalue weighted by atomic mass is 10.5.